The van der Waals surface area contributed by atoms with E-state index >= 15 is 0 Å². The molecule has 0 unspecified atom stereocenters. The lowest BCUT2D eigenvalue weighted by molar-refractivity contribution is 0.704. The van der Waals surface area contributed by atoms with Crippen LogP contribution in [0, 0.1) is 0 Å². The molecule has 0 aliphatic rings. The Kier molecular flexibility index (Phi) is 7.68. The van der Waals surface area contributed by atoms with Gasteiger partial charge in [0.25, 0.3) is 0 Å². The number of nitrogens with one attached hydrogen (secondary N) is 1. The van der Waals surface area contributed by atoms with Gasteiger partial charge < -0.3 is 5.32 Å². The van der Waals surface area contributed by atoms with Gasteiger partial charge in [0.05, 0.1) is 0 Å². The fourth-order valence-corrected chi connectivity index (χ4v) is 0.717. The number of hydrogen-bond acceptors (Lipinski definition) is 1. The Morgan fingerprint density at radius 1 is 1.40 bits per heavy atom. The molecule has 1 N–H and O–H groups in total. The van der Waals surface area contributed by atoms with Gasteiger partial charge in [-0.05, 0) is 32.4 Å². The summed E-state index contributed by atoms with van der Waals surface area (Å²) in [4.78, 5) is 0. The van der Waals surface area contributed by atoms with Crippen LogP contribution in [0.4, 0.5) is 0 Å². The van der Waals surface area contributed by atoms with Crippen molar-refractivity contribution in [3.8, 4) is 0 Å². The number of allylic oxidation sites excluding steroid dienone is 2. The molecule has 1 heteroatoms. The third kappa shape index (κ3) is 7.28. The maximum absolute atomic E-state index is 3.66. The lowest BCUT2D eigenvalue weighted by Gasteiger charge is -1.97. The van der Waals surface area contributed by atoms with E-state index in [-0.39, 0.29) is 0 Å². The van der Waals surface area contributed by atoms with E-state index < -0.39 is 0 Å². The highest BCUT2D eigenvalue weighted by molar-refractivity contribution is 4.74. The van der Waals surface area contributed by atoms with Crippen molar-refractivity contribution in [1.82, 2.24) is 5.32 Å². The summed E-state index contributed by atoms with van der Waals surface area (Å²) in [7, 11) is 0. The standard InChI is InChI=1S/C9H17N/c1-3-5-6-7-9-10-8-4-2/h3-4,8,10H,1,5-7,9H2,2H3/b8-4-. The molecule has 0 saturated heterocycles. The van der Waals surface area contributed by atoms with E-state index in [0.29, 0.717) is 0 Å². The van der Waals surface area contributed by atoms with Crippen LogP contribution in [0.15, 0.2) is 24.9 Å². The first kappa shape index (κ1) is 9.28. The van der Waals surface area contributed by atoms with Crippen LogP contribution in [-0.4, -0.2) is 6.54 Å². The smallest absolute Gasteiger partial charge is 0.0141 e. The van der Waals surface area contributed by atoms with Crippen molar-refractivity contribution < 1.29 is 0 Å². The van der Waals surface area contributed by atoms with Gasteiger partial charge in [0, 0.05) is 6.54 Å². The molecule has 0 aromatic heterocycles. The highest BCUT2D eigenvalue weighted by atomic mass is 14.8. The summed E-state index contributed by atoms with van der Waals surface area (Å²) < 4.78 is 0. The maximum atomic E-state index is 3.66. The molecule has 0 aromatic rings. The van der Waals surface area contributed by atoms with Crippen molar-refractivity contribution in [2.24, 2.45) is 0 Å². The Morgan fingerprint density at radius 2 is 2.20 bits per heavy atom. The summed E-state index contributed by atoms with van der Waals surface area (Å²) in [5, 5.41) is 3.18. The molecule has 1 nitrogen and oxygen atoms in total. The van der Waals surface area contributed by atoms with Crippen LogP contribution in [0.25, 0.3) is 0 Å². The number of unbranched alkanes of at least 4 members (excludes halogenated alkanes) is 2. The first-order valence-corrected chi connectivity index (χ1v) is 3.87. The van der Waals surface area contributed by atoms with Gasteiger partial charge in [-0.3, -0.25) is 0 Å². The average molecular weight is 139 g/mol. The summed E-state index contributed by atoms with van der Waals surface area (Å²) in [6, 6.07) is 0. The van der Waals surface area contributed by atoms with Crippen LogP contribution in [0.2, 0.25) is 0 Å². The molecule has 0 aromatic carbocycles. The molecule has 58 valence electrons. The minimum absolute atomic E-state index is 1.08. The first-order chi connectivity index (χ1) is 4.91. The molecule has 0 fully saturated rings. The molecule has 0 aliphatic carbocycles. The Morgan fingerprint density at radius 3 is 2.80 bits per heavy atom. The van der Waals surface area contributed by atoms with Crippen LogP contribution in [0.1, 0.15) is 26.2 Å². The molecule has 0 amide bonds. The van der Waals surface area contributed by atoms with Gasteiger partial charge in [-0.2, -0.15) is 0 Å². The van der Waals surface area contributed by atoms with Crippen molar-refractivity contribution >= 4 is 0 Å². The van der Waals surface area contributed by atoms with Crippen LogP contribution >= 0.6 is 0 Å². The fraction of sp³-hybridized carbons (Fsp3) is 0.556. The van der Waals surface area contributed by atoms with Gasteiger partial charge in [0.15, 0.2) is 0 Å². The van der Waals surface area contributed by atoms with Gasteiger partial charge in [0.2, 0.25) is 0 Å². The quantitative estimate of drug-likeness (QED) is 0.440. The second-order valence-corrected chi connectivity index (χ2v) is 2.24. The predicted octanol–water partition coefficient (Wildman–Crippen LogP) is 2.47. The molecule has 0 radical (unpaired) electrons. The van der Waals surface area contributed by atoms with Crippen molar-refractivity contribution in [1.29, 1.82) is 0 Å². The highest BCUT2D eigenvalue weighted by Gasteiger charge is 1.81. The first-order valence-electron chi connectivity index (χ1n) is 3.87. The highest BCUT2D eigenvalue weighted by Crippen LogP contribution is 1.92. The zero-order valence-electron chi connectivity index (χ0n) is 6.77. The SMILES string of the molecule is C=CCCCCN/C=C\C. The second-order valence-electron chi connectivity index (χ2n) is 2.24. The maximum Gasteiger partial charge on any atom is 0.0141 e. The molecule has 0 aliphatic heterocycles. The monoisotopic (exact) mass is 139 g/mol. The Balaban J connectivity index is 2.83. The van der Waals surface area contributed by atoms with Crippen LogP contribution in [-0.2, 0) is 0 Å². The van der Waals surface area contributed by atoms with E-state index in [1.54, 1.807) is 0 Å². The van der Waals surface area contributed by atoms with Crippen molar-refractivity contribution in [3.05, 3.63) is 24.9 Å². The van der Waals surface area contributed by atoms with Crippen molar-refractivity contribution in [3.63, 3.8) is 0 Å². The zero-order valence-corrected chi connectivity index (χ0v) is 6.77. The second kappa shape index (κ2) is 8.28. The molecule has 10 heavy (non-hydrogen) atoms. The van der Waals surface area contributed by atoms with E-state index in [4.69, 9.17) is 0 Å². The molecular formula is C9H17N. The third-order valence-electron chi connectivity index (χ3n) is 1.26. The lowest BCUT2D eigenvalue weighted by Crippen LogP contribution is -2.05. The normalized spacial score (nSPS) is 10.1. The Labute approximate surface area is 63.8 Å². The van der Waals surface area contributed by atoms with Gasteiger partial charge in [0.1, 0.15) is 0 Å². The molecule has 0 heterocycles. The van der Waals surface area contributed by atoms with Crippen LogP contribution < -0.4 is 5.32 Å². The van der Waals surface area contributed by atoms with E-state index in [2.05, 4.69) is 11.9 Å². The summed E-state index contributed by atoms with van der Waals surface area (Å²) in [5.41, 5.74) is 0. The van der Waals surface area contributed by atoms with Crippen molar-refractivity contribution in [2.45, 2.75) is 26.2 Å². The fourth-order valence-electron chi connectivity index (χ4n) is 0.717. The molecular weight excluding hydrogens is 122 g/mol. The Bertz CT molecular complexity index is 94.9. The molecule has 0 atom stereocenters. The average Bonchev–Trinajstić information content (AvgIpc) is 1.97. The van der Waals surface area contributed by atoms with Gasteiger partial charge >= 0.3 is 0 Å². The Hall–Kier alpha value is -0.720. The van der Waals surface area contributed by atoms with Gasteiger partial charge in [-0.1, -0.05) is 12.2 Å². The number of hydrogen-bond donors (Lipinski definition) is 1. The topological polar surface area (TPSA) is 12.0 Å². The molecule has 0 rings (SSSR count). The van der Waals surface area contributed by atoms with E-state index in [1.165, 1.54) is 12.8 Å². The van der Waals surface area contributed by atoms with E-state index in [1.807, 2.05) is 25.3 Å². The zero-order chi connectivity index (χ0) is 7.66. The third-order valence-corrected chi connectivity index (χ3v) is 1.26. The van der Waals surface area contributed by atoms with Gasteiger partial charge in [-0.15, -0.1) is 6.58 Å². The summed E-state index contributed by atoms with van der Waals surface area (Å²) in [5.74, 6) is 0. The van der Waals surface area contributed by atoms with Crippen molar-refractivity contribution in [2.75, 3.05) is 6.54 Å². The van der Waals surface area contributed by atoms with E-state index in [0.717, 1.165) is 13.0 Å². The predicted molar refractivity (Wildman–Crippen MR) is 46.9 cm³/mol. The van der Waals surface area contributed by atoms with Crippen LogP contribution in [0.5, 0.6) is 0 Å². The van der Waals surface area contributed by atoms with E-state index in [9.17, 15) is 0 Å². The summed E-state index contributed by atoms with van der Waals surface area (Å²) in [6.45, 7) is 6.75. The molecule has 0 bridgehead atoms. The number of rotatable bonds is 6. The lowest BCUT2D eigenvalue weighted by atomic mass is 10.2. The summed E-state index contributed by atoms with van der Waals surface area (Å²) >= 11 is 0. The molecule has 0 saturated carbocycles. The van der Waals surface area contributed by atoms with Gasteiger partial charge in [-0.25, -0.2) is 0 Å². The minimum Gasteiger partial charge on any atom is -0.391 e. The largest absolute Gasteiger partial charge is 0.391 e. The molecule has 0 spiro atoms. The minimum atomic E-state index is 1.08. The summed E-state index contributed by atoms with van der Waals surface area (Å²) in [6.07, 6.45) is 9.57. The van der Waals surface area contributed by atoms with Crippen LogP contribution in [0.3, 0.4) is 0 Å².